The third-order valence-electron chi connectivity index (χ3n) is 4.52. The molecule has 0 fully saturated rings. The van der Waals surface area contributed by atoms with Gasteiger partial charge in [0.1, 0.15) is 11.6 Å². The van der Waals surface area contributed by atoms with Gasteiger partial charge in [-0.2, -0.15) is 0 Å². The SMILES string of the molecule is C=CCNC(=O)N(Cc1ccc(F)cc1)c1cccc(CC(=O)NCc2ccco2)c1. The first-order valence-corrected chi connectivity index (χ1v) is 9.84. The van der Waals surface area contributed by atoms with Crippen LogP contribution in [0.5, 0.6) is 0 Å². The van der Waals surface area contributed by atoms with Crippen molar-refractivity contribution >= 4 is 17.6 Å². The summed E-state index contributed by atoms with van der Waals surface area (Å²) in [5.41, 5.74) is 2.16. The number of amides is 3. The smallest absolute Gasteiger partial charge is 0.322 e. The van der Waals surface area contributed by atoms with Crippen molar-refractivity contribution in [2.75, 3.05) is 11.4 Å². The maximum atomic E-state index is 13.3. The number of anilines is 1. The summed E-state index contributed by atoms with van der Waals surface area (Å²) >= 11 is 0. The fraction of sp³-hybridized carbons (Fsp3) is 0.167. The van der Waals surface area contributed by atoms with Gasteiger partial charge in [0.2, 0.25) is 5.91 Å². The number of benzene rings is 2. The fourth-order valence-corrected chi connectivity index (χ4v) is 2.99. The molecular formula is C24H24FN3O3. The Morgan fingerprint density at radius 3 is 2.55 bits per heavy atom. The second-order valence-corrected chi connectivity index (χ2v) is 6.89. The lowest BCUT2D eigenvalue weighted by Gasteiger charge is -2.24. The summed E-state index contributed by atoms with van der Waals surface area (Å²) in [6, 6.07) is 16.4. The lowest BCUT2D eigenvalue weighted by Crippen LogP contribution is -2.39. The van der Waals surface area contributed by atoms with Crippen LogP contribution >= 0.6 is 0 Å². The Balaban J connectivity index is 1.73. The average molecular weight is 421 g/mol. The van der Waals surface area contributed by atoms with Gasteiger partial charge in [-0.1, -0.05) is 30.3 Å². The number of hydrogen-bond acceptors (Lipinski definition) is 3. The van der Waals surface area contributed by atoms with E-state index in [1.165, 1.54) is 12.1 Å². The van der Waals surface area contributed by atoms with E-state index in [1.807, 2.05) is 6.07 Å². The van der Waals surface area contributed by atoms with E-state index in [0.717, 1.165) is 11.1 Å². The molecule has 1 aromatic heterocycles. The molecule has 3 amide bonds. The number of urea groups is 1. The molecular weight excluding hydrogens is 397 g/mol. The number of carbonyl (C=O) groups excluding carboxylic acids is 2. The minimum Gasteiger partial charge on any atom is -0.467 e. The molecule has 7 heteroatoms. The summed E-state index contributed by atoms with van der Waals surface area (Å²) in [6.45, 7) is 4.49. The van der Waals surface area contributed by atoms with Gasteiger partial charge in [0.15, 0.2) is 0 Å². The Morgan fingerprint density at radius 2 is 1.84 bits per heavy atom. The highest BCUT2D eigenvalue weighted by Crippen LogP contribution is 2.20. The molecule has 160 valence electrons. The summed E-state index contributed by atoms with van der Waals surface area (Å²) in [7, 11) is 0. The molecule has 2 N–H and O–H groups in total. The van der Waals surface area contributed by atoms with Crippen LogP contribution in [0.1, 0.15) is 16.9 Å². The second kappa shape index (κ2) is 10.8. The highest BCUT2D eigenvalue weighted by Gasteiger charge is 2.17. The largest absolute Gasteiger partial charge is 0.467 e. The molecule has 0 spiro atoms. The number of carbonyl (C=O) groups is 2. The standard InChI is InChI=1S/C24H24FN3O3/c1-2-12-26-24(30)28(17-18-8-10-20(25)11-9-18)21-6-3-5-19(14-21)15-23(29)27-16-22-7-4-13-31-22/h2-11,13-14H,1,12,15-17H2,(H,26,30)(H,27,29). The van der Waals surface area contributed by atoms with Crippen LogP contribution in [-0.2, 0) is 24.3 Å². The van der Waals surface area contributed by atoms with E-state index in [-0.39, 0.29) is 30.7 Å². The van der Waals surface area contributed by atoms with Gasteiger partial charge in [0.05, 0.1) is 25.8 Å². The molecule has 0 bridgehead atoms. The van der Waals surface area contributed by atoms with Gasteiger partial charge in [-0.3, -0.25) is 9.69 Å². The van der Waals surface area contributed by atoms with Crippen molar-refractivity contribution in [1.29, 1.82) is 0 Å². The van der Waals surface area contributed by atoms with Crippen LogP contribution in [0, 0.1) is 5.82 Å². The second-order valence-electron chi connectivity index (χ2n) is 6.89. The predicted molar refractivity (Wildman–Crippen MR) is 117 cm³/mol. The Labute approximate surface area is 180 Å². The van der Waals surface area contributed by atoms with Crippen molar-refractivity contribution in [2.24, 2.45) is 0 Å². The first-order valence-electron chi connectivity index (χ1n) is 9.84. The maximum Gasteiger partial charge on any atom is 0.322 e. The van der Waals surface area contributed by atoms with E-state index in [4.69, 9.17) is 4.42 Å². The van der Waals surface area contributed by atoms with Crippen LogP contribution < -0.4 is 15.5 Å². The number of nitrogens with zero attached hydrogens (tertiary/aromatic N) is 1. The molecule has 6 nitrogen and oxygen atoms in total. The van der Waals surface area contributed by atoms with Gasteiger partial charge in [-0.15, -0.1) is 6.58 Å². The van der Waals surface area contributed by atoms with Crippen molar-refractivity contribution in [2.45, 2.75) is 19.5 Å². The van der Waals surface area contributed by atoms with Gasteiger partial charge in [0.25, 0.3) is 0 Å². The molecule has 0 aliphatic carbocycles. The number of halogens is 1. The van der Waals surface area contributed by atoms with E-state index < -0.39 is 0 Å². The molecule has 31 heavy (non-hydrogen) atoms. The summed E-state index contributed by atoms with van der Waals surface area (Å²) in [5.74, 6) is 0.176. The molecule has 0 radical (unpaired) electrons. The zero-order valence-corrected chi connectivity index (χ0v) is 17.0. The lowest BCUT2D eigenvalue weighted by molar-refractivity contribution is -0.120. The van der Waals surface area contributed by atoms with Crippen LogP contribution in [0.3, 0.4) is 0 Å². The zero-order valence-electron chi connectivity index (χ0n) is 17.0. The lowest BCUT2D eigenvalue weighted by atomic mass is 10.1. The Kier molecular flexibility index (Phi) is 7.59. The quantitative estimate of drug-likeness (QED) is 0.509. The first kappa shape index (κ1) is 21.8. The first-order chi connectivity index (χ1) is 15.0. The van der Waals surface area contributed by atoms with E-state index in [2.05, 4.69) is 17.2 Å². The average Bonchev–Trinajstić information content (AvgIpc) is 3.29. The van der Waals surface area contributed by atoms with Crippen LogP contribution in [0.15, 0.2) is 84.0 Å². The number of rotatable bonds is 9. The molecule has 0 unspecified atom stereocenters. The molecule has 0 saturated carbocycles. The zero-order chi connectivity index (χ0) is 22.1. The summed E-state index contributed by atoms with van der Waals surface area (Å²) in [5, 5.41) is 5.57. The molecule has 0 atom stereocenters. The van der Waals surface area contributed by atoms with Gasteiger partial charge in [-0.05, 0) is 47.5 Å². The Morgan fingerprint density at radius 1 is 1.03 bits per heavy atom. The van der Waals surface area contributed by atoms with E-state index in [9.17, 15) is 14.0 Å². The Bertz CT molecular complexity index is 1020. The molecule has 3 aromatic rings. The van der Waals surface area contributed by atoms with Crippen molar-refractivity contribution in [1.82, 2.24) is 10.6 Å². The maximum absolute atomic E-state index is 13.3. The predicted octanol–water partition coefficient (Wildman–Crippen LogP) is 4.18. The highest BCUT2D eigenvalue weighted by atomic mass is 19.1. The van der Waals surface area contributed by atoms with Gasteiger partial charge in [0, 0.05) is 12.2 Å². The van der Waals surface area contributed by atoms with E-state index in [0.29, 0.717) is 24.5 Å². The third kappa shape index (κ3) is 6.57. The fourth-order valence-electron chi connectivity index (χ4n) is 2.99. The van der Waals surface area contributed by atoms with Crippen molar-refractivity contribution in [3.8, 4) is 0 Å². The summed E-state index contributed by atoms with van der Waals surface area (Å²) < 4.78 is 18.5. The minimum atomic E-state index is -0.339. The number of nitrogens with one attached hydrogen (secondary N) is 2. The molecule has 0 saturated heterocycles. The number of furan rings is 1. The molecule has 0 aliphatic rings. The van der Waals surface area contributed by atoms with Gasteiger partial charge >= 0.3 is 6.03 Å². The topological polar surface area (TPSA) is 74.6 Å². The van der Waals surface area contributed by atoms with Crippen molar-refractivity contribution in [3.05, 3.63) is 102 Å². The number of hydrogen-bond donors (Lipinski definition) is 2. The van der Waals surface area contributed by atoms with Crippen LogP contribution in [0.25, 0.3) is 0 Å². The van der Waals surface area contributed by atoms with Crippen LogP contribution in [0.4, 0.5) is 14.9 Å². The summed E-state index contributed by atoms with van der Waals surface area (Å²) in [6.07, 6.45) is 3.30. The normalized spacial score (nSPS) is 10.4. The third-order valence-corrected chi connectivity index (χ3v) is 4.52. The molecule has 3 rings (SSSR count). The molecule has 2 aromatic carbocycles. The Hall–Kier alpha value is -3.87. The summed E-state index contributed by atoms with van der Waals surface area (Å²) in [4.78, 5) is 26.6. The van der Waals surface area contributed by atoms with Crippen molar-refractivity contribution < 1.29 is 18.4 Å². The molecule has 0 aliphatic heterocycles. The monoisotopic (exact) mass is 421 g/mol. The van der Waals surface area contributed by atoms with Crippen LogP contribution in [-0.4, -0.2) is 18.5 Å². The van der Waals surface area contributed by atoms with Gasteiger partial charge in [-0.25, -0.2) is 9.18 Å². The van der Waals surface area contributed by atoms with Gasteiger partial charge < -0.3 is 15.1 Å². The minimum absolute atomic E-state index is 0.158. The van der Waals surface area contributed by atoms with Crippen LogP contribution in [0.2, 0.25) is 0 Å². The van der Waals surface area contributed by atoms with E-state index in [1.54, 1.807) is 59.7 Å². The molecule has 1 heterocycles. The highest BCUT2D eigenvalue weighted by molar-refractivity contribution is 5.92. The van der Waals surface area contributed by atoms with Crippen molar-refractivity contribution in [3.63, 3.8) is 0 Å². The van der Waals surface area contributed by atoms with E-state index >= 15 is 0 Å².